The molecule has 2 saturated heterocycles. The zero-order valence-electron chi connectivity index (χ0n) is 18.0. The number of hydrogen-bond donors (Lipinski definition) is 2. The van der Waals surface area contributed by atoms with Crippen LogP contribution in [0.5, 0.6) is 0 Å². The van der Waals surface area contributed by atoms with E-state index in [1.54, 1.807) is 6.20 Å². The molecule has 2 aromatic heterocycles. The molecule has 5 rings (SSSR count). The maximum atomic E-state index is 9.16. The number of benzene rings is 1. The van der Waals surface area contributed by atoms with Crippen molar-refractivity contribution in [3.8, 4) is 17.2 Å². The van der Waals surface area contributed by atoms with Gasteiger partial charge in [-0.15, -0.1) is 0 Å². The highest BCUT2D eigenvalue weighted by Gasteiger charge is 2.30. The number of rotatable bonds is 6. The van der Waals surface area contributed by atoms with Crippen LogP contribution >= 0.6 is 0 Å². The monoisotopic (exact) mass is 429 g/mol. The normalized spacial score (nSPS) is 18.2. The molecule has 1 atom stereocenters. The Morgan fingerprint density at radius 2 is 1.84 bits per heavy atom. The average Bonchev–Trinajstić information content (AvgIpc) is 3.33. The molecule has 1 unspecified atom stereocenters. The second kappa shape index (κ2) is 8.94. The van der Waals surface area contributed by atoms with Crippen LogP contribution in [0.2, 0.25) is 0 Å². The van der Waals surface area contributed by atoms with Crippen molar-refractivity contribution in [2.75, 3.05) is 56.4 Å². The van der Waals surface area contributed by atoms with Crippen molar-refractivity contribution < 1.29 is 0 Å². The van der Waals surface area contributed by atoms with Gasteiger partial charge in [0.05, 0.1) is 23.4 Å². The molecule has 0 radical (unpaired) electrons. The number of H-pyrrole nitrogens is 1. The van der Waals surface area contributed by atoms with E-state index in [4.69, 9.17) is 11.0 Å². The standard InChI is InChI=1S/C23H27N9/c24-12-17-2-4-18(5-3-17)20(15-30-6-1-7-30)31-8-10-32(11-9-31)23-21(19-13-28-29-14-19)22(25)26-16-27-23/h2-5,13-14,16,20H,1,6-11,15H2,(H,28,29)(H2,25,26,27). The smallest absolute Gasteiger partial charge is 0.142 e. The summed E-state index contributed by atoms with van der Waals surface area (Å²) in [6, 6.07) is 10.6. The van der Waals surface area contributed by atoms with Crippen molar-refractivity contribution in [2.45, 2.75) is 12.5 Å². The third kappa shape index (κ3) is 4.02. The van der Waals surface area contributed by atoms with E-state index in [1.807, 2.05) is 18.3 Å². The Balaban J connectivity index is 1.34. The number of likely N-dealkylation sites (tertiary alicyclic amines) is 1. The number of aromatic amines is 1. The molecule has 32 heavy (non-hydrogen) atoms. The number of nitrogens with two attached hydrogens (primary N) is 1. The summed E-state index contributed by atoms with van der Waals surface area (Å²) in [4.78, 5) is 16.1. The van der Waals surface area contributed by atoms with Gasteiger partial charge in [0.15, 0.2) is 0 Å². The second-order valence-electron chi connectivity index (χ2n) is 8.37. The SMILES string of the molecule is N#Cc1ccc(C(CN2CCC2)N2CCN(c3ncnc(N)c3-c3cn[nH]c3)CC2)cc1. The quantitative estimate of drug-likeness (QED) is 0.611. The molecule has 3 aromatic rings. The minimum absolute atomic E-state index is 0.314. The zero-order chi connectivity index (χ0) is 21.9. The minimum Gasteiger partial charge on any atom is -0.383 e. The number of aromatic nitrogens is 4. The highest BCUT2D eigenvalue weighted by atomic mass is 15.3. The first-order valence-corrected chi connectivity index (χ1v) is 11.0. The predicted octanol–water partition coefficient (Wildman–Crippen LogP) is 1.89. The van der Waals surface area contributed by atoms with Crippen LogP contribution in [0, 0.1) is 11.3 Å². The molecule has 0 spiro atoms. The first-order valence-electron chi connectivity index (χ1n) is 11.0. The van der Waals surface area contributed by atoms with Crippen LogP contribution in [-0.2, 0) is 0 Å². The molecule has 0 aliphatic carbocycles. The highest BCUT2D eigenvalue weighted by Crippen LogP contribution is 2.33. The molecule has 3 N–H and O–H groups in total. The first kappa shape index (κ1) is 20.4. The Bertz CT molecular complexity index is 1080. The number of nitrogens with one attached hydrogen (secondary N) is 1. The Hall–Kier alpha value is -3.48. The molecule has 0 saturated carbocycles. The van der Waals surface area contributed by atoms with Gasteiger partial charge in [-0.05, 0) is 37.2 Å². The van der Waals surface area contributed by atoms with Crippen LogP contribution in [0.3, 0.4) is 0 Å². The fourth-order valence-corrected chi connectivity index (χ4v) is 4.56. The Kier molecular flexibility index (Phi) is 5.71. The Labute approximate surface area is 187 Å². The minimum atomic E-state index is 0.314. The maximum Gasteiger partial charge on any atom is 0.142 e. The van der Waals surface area contributed by atoms with Crippen LogP contribution < -0.4 is 10.6 Å². The largest absolute Gasteiger partial charge is 0.383 e. The van der Waals surface area contributed by atoms with Gasteiger partial charge in [0, 0.05) is 50.5 Å². The number of nitriles is 1. The Morgan fingerprint density at radius 1 is 1.06 bits per heavy atom. The fourth-order valence-electron chi connectivity index (χ4n) is 4.56. The van der Waals surface area contributed by atoms with Crippen molar-refractivity contribution in [1.29, 1.82) is 5.26 Å². The van der Waals surface area contributed by atoms with E-state index in [9.17, 15) is 0 Å². The van der Waals surface area contributed by atoms with Gasteiger partial charge >= 0.3 is 0 Å². The van der Waals surface area contributed by atoms with Crippen LogP contribution in [0.25, 0.3) is 11.1 Å². The van der Waals surface area contributed by atoms with Crippen molar-refractivity contribution >= 4 is 11.6 Å². The summed E-state index contributed by atoms with van der Waals surface area (Å²) < 4.78 is 0. The van der Waals surface area contributed by atoms with E-state index in [2.05, 4.69) is 53.1 Å². The number of nitrogen functional groups attached to an aromatic ring is 1. The summed E-state index contributed by atoms with van der Waals surface area (Å²) in [6.45, 7) is 6.91. The third-order valence-electron chi connectivity index (χ3n) is 6.50. The number of piperazine rings is 1. The molecule has 164 valence electrons. The van der Waals surface area contributed by atoms with Crippen molar-refractivity contribution in [1.82, 2.24) is 30.0 Å². The van der Waals surface area contributed by atoms with Gasteiger partial charge in [-0.25, -0.2) is 9.97 Å². The van der Waals surface area contributed by atoms with Crippen LogP contribution in [0.15, 0.2) is 43.0 Å². The molecular formula is C23H27N9. The van der Waals surface area contributed by atoms with Crippen LogP contribution in [0.4, 0.5) is 11.6 Å². The van der Waals surface area contributed by atoms with Gasteiger partial charge in [-0.1, -0.05) is 12.1 Å². The molecule has 9 heteroatoms. The Morgan fingerprint density at radius 3 is 2.47 bits per heavy atom. The van der Waals surface area contributed by atoms with Crippen LogP contribution in [-0.4, -0.2) is 75.8 Å². The fraction of sp³-hybridized carbons (Fsp3) is 0.391. The van der Waals surface area contributed by atoms with Gasteiger partial charge in [-0.2, -0.15) is 10.4 Å². The lowest BCUT2D eigenvalue weighted by molar-refractivity contribution is 0.0966. The zero-order valence-corrected chi connectivity index (χ0v) is 18.0. The predicted molar refractivity (Wildman–Crippen MR) is 123 cm³/mol. The molecule has 9 nitrogen and oxygen atoms in total. The van der Waals surface area contributed by atoms with E-state index in [-0.39, 0.29) is 0 Å². The molecule has 0 bridgehead atoms. The lowest BCUT2D eigenvalue weighted by Gasteiger charge is -2.43. The van der Waals surface area contributed by atoms with Gasteiger partial charge in [0.25, 0.3) is 0 Å². The van der Waals surface area contributed by atoms with Crippen molar-refractivity contribution in [3.05, 3.63) is 54.1 Å². The molecule has 4 heterocycles. The molecule has 0 amide bonds. The van der Waals surface area contributed by atoms with Gasteiger partial charge in [0.1, 0.15) is 18.0 Å². The van der Waals surface area contributed by atoms with Gasteiger partial charge in [0.2, 0.25) is 0 Å². The van der Waals surface area contributed by atoms with Gasteiger partial charge < -0.3 is 15.5 Å². The van der Waals surface area contributed by atoms with E-state index < -0.39 is 0 Å². The number of anilines is 2. The van der Waals surface area contributed by atoms with E-state index in [1.165, 1.54) is 31.4 Å². The molecule has 2 fully saturated rings. The van der Waals surface area contributed by atoms with Crippen molar-refractivity contribution in [3.63, 3.8) is 0 Å². The van der Waals surface area contributed by atoms with Crippen LogP contribution in [0.1, 0.15) is 23.6 Å². The van der Waals surface area contributed by atoms with Gasteiger partial charge in [-0.3, -0.25) is 10.00 Å². The summed E-state index contributed by atoms with van der Waals surface area (Å²) in [6.07, 6.45) is 6.38. The summed E-state index contributed by atoms with van der Waals surface area (Å²) >= 11 is 0. The summed E-state index contributed by atoms with van der Waals surface area (Å²) in [7, 11) is 0. The topological polar surface area (TPSA) is 114 Å². The van der Waals surface area contributed by atoms with E-state index in [0.717, 1.165) is 49.7 Å². The number of nitrogens with zero attached hydrogens (tertiary/aromatic N) is 7. The lowest BCUT2D eigenvalue weighted by atomic mass is 10.0. The summed E-state index contributed by atoms with van der Waals surface area (Å²) in [5.41, 5.74) is 9.92. The highest BCUT2D eigenvalue weighted by molar-refractivity contribution is 5.83. The lowest BCUT2D eigenvalue weighted by Crippen LogP contribution is -2.51. The van der Waals surface area contributed by atoms with E-state index in [0.29, 0.717) is 17.4 Å². The third-order valence-corrected chi connectivity index (χ3v) is 6.50. The summed E-state index contributed by atoms with van der Waals surface area (Å²) in [5.74, 6) is 1.32. The molecule has 2 aliphatic rings. The first-order chi connectivity index (χ1) is 15.7. The maximum absolute atomic E-state index is 9.16. The molecule has 2 aliphatic heterocycles. The summed E-state index contributed by atoms with van der Waals surface area (Å²) in [5, 5.41) is 16.1. The second-order valence-corrected chi connectivity index (χ2v) is 8.37. The molecular weight excluding hydrogens is 402 g/mol. The van der Waals surface area contributed by atoms with Crippen molar-refractivity contribution in [2.24, 2.45) is 0 Å². The number of hydrogen-bond acceptors (Lipinski definition) is 8. The average molecular weight is 430 g/mol. The van der Waals surface area contributed by atoms with E-state index >= 15 is 0 Å². The molecule has 1 aromatic carbocycles.